The SMILES string of the molecule is O=S(=O)(NC1CCCC1)c1ccc2c(c1)CCN2S(=O)(=O)c1ccccc1. The first-order valence-electron chi connectivity index (χ1n) is 9.11. The normalized spacial score (nSPS) is 18.0. The Balaban J connectivity index is 1.63. The fraction of sp³-hybridized carbons (Fsp3) is 0.368. The van der Waals surface area contributed by atoms with Crippen molar-refractivity contribution in [2.24, 2.45) is 0 Å². The Hall–Kier alpha value is -1.90. The molecule has 1 fully saturated rings. The average Bonchev–Trinajstić information content (AvgIpc) is 3.31. The van der Waals surface area contributed by atoms with Crippen LogP contribution in [0.1, 0.15) is 31.2 Å². The quantitative estimate of drug-likeness (QED) is 0.827. The molecule has 1 N–H and O–H groups in total. The van der Waals surface area contributed by atoms with E-state index in [1.54, 1.807) is 42.5 Å². The average molecular weight is 407 g/mol. The number of nitrogens with one attached hydrogen (secondary N) is 1. The molecule has 0 radical (unpaired) electrons. The van der Waals surface area contributed by atoms with Gasteiger partial charge >= 0.3 is 0 Å². The standard InChI is InChI=1S/C19H22N2O4S2/c22-26(23,20-16-6-4-5-7-16)18-10-11-19-15(14-18)12-13-21(19)27(24,25)17-8-2-1-3-9-17/h1-3,8-11,14,16,20H,4-7,12-13H2. The maximum atomic E-state index is 12.9. The first-order valence-corrected chi connectivity index (χ1v) is 12.0. The zero-order chi connectivity index (χ0) is 19.1. The van der Waals surface area contributed by atoms with Crippen LogP contribution in [-0.2, 0) is 26.5 Å². The number of fused-ring (bicyclic) bond motifs is 1. The van der Waals surface area contributed by atoms with Crippen molar-refractivity contribution < 1.29 is 16.8 Å². The lowest BCUT2D eigenvalue weighted by Crippen LogP contribution is -2.32. The molecular weight excluding hydrogens is 384 g/mol. The van der Waals surface area contributed by atoms with E-state index in [0.29, 0.717) is 18.7 Å². The molecule has 1 heterocycles. The van der Waals surface area contributed by atoms with Crippen LogP contribution in [0.15, 0.2) is 58.3 Å². The number of rotatable bonds is 5. The van der Waals surface area contributed by atoms with Gasteiger partial charge in [-0.1, -0.05) is 31.0 Å². The molecule has 27 heavy (non-hydrogen) atoms. The Morgan fingerprint density at radius 2 is 1.59 bits per heavy atom. The molecule has 8 heteroatoms. The maximum Gasteiger partial charge on any atom is 0.264 e. The molecule has 0 unspecified atom stereocenters. The van der Waals surface area contributed by atoms with E-state index in [1.165, 1.54) is 10.4 Å². The van der Waals surface area contributed by atoms with Gasteiger partial charge in [0.05, 0.1) is 15.5 Å². The topological polar surface area (TPSA) is 83.6 Å². The molecule has 1 aliphatic carbocycles. The van der Waals surface area contributed by atoms with Gasteiger partial charge in [-0.2, -0.15) is 0 Å². The summed E-state index contributed by atoms with van der Waals surface area (Å²) in [5, 5.41) is 0. The van der Waals surface area contributed by atoms with Crippen LogP contribution in [-0.4, -0.2) is 29.4 Å². The zero-order valence-electron chi connectivity index (χ0n) is 14.8. The predicted molar refractivity (Wildman–Crippen MR) is 104 cm³/mol. The number of hydrogen-bond donors (Lipinski definition) is 1. The van der Waals surface area contributed by atoms with Gasteiger partial charge in [0.1, 0.15) is 0 Å². The van der Waals surface area contributed by atoms with Crippen LogP contribution in [0.3, 0.4) is 0 Å². The minimum Gasteiger partial charge on any atom is -0.266 e. The van der Waals surface area contributed by atoms with Crippen molar-refractivity contribution in [2.75, 3.05) is 10.8 Å². The van der Waals surface area contributed by atoms with Crippen LogP contribution in [0.25, 0.3) is 0 Å². The Morgan fingerprint density at radius 1 is 0.889 bits per heavy atom. The summed E-state index contributed by atoms with van der Waals surface area (Å²) >= 11 is 0. The van der Waals surface area contributed by atoms with Gasteiger partial charge in [0.25, 0.3) is 10.0 Å². The number of hydrogen-bond acceptors (Lipinski definition) is 4. The largest absolute Gasteiger partial charge is 0.266 e. The molecule has 0 atom stereocenters. The number of benzene rings is 2. The highest BCUT2D eigenvalue weighted by atomic mass is 32.2. The van der Waals surface area contributed by atoms with Gasteiger partial charge in [-0.05, 0) is 55.2 Å². The summed E-state index contributed by atoms with van der Waals surface area (Å²) in [6.07, 6.45) is 4.32. The Labute approximate surface area is 160 Å². The van der Waals surface area contributed by atoms with Crippen molar-refractivity contribution in [3.05, 3.63) is 54.1 Å². The molecule has 6 nitrogen and oxygen atoms in total. The molecule has 0 spiro atoms. The summed E-state index contributed by atoms with van der Waals surface area (Å²) in [6.45, 7) is 0.312. The fourth-order valence-corrected chi connectivity index (χ4v) is 6.69. The van der Waals surface area contributed by atoms with Crippen molar-refractivity contribution in [2.45, 2.75) is 47.9 Å². The van der Waals surface area contributed by atoms with Crippen molar-refractivity contribution in [3.8, 4) is 0 Å². The van der Waals surface area contributed by atoms with Gasteiger partial charge in [0.2, 0.25) is 10.0 Å². The van der Waals surface area contributed by atoms with E-state index < -0.39 is 20.0 Å². The monoisotopic (exact) mass is 406 g/mol. The van der Waals surface area contributed by atoms with Gasteiger partial charge in [-0.3, -0.25) is 4.31 Å². The minimum atomic E-state index is -3.65. The van der Waals surface area contributed by atoms with Crippen LogP contribution in [0.2, 0.25) is 0 Å². The molecule has 1 aliphatic heterocycles. The molecule has 0 saturated heterocycles. The fourth-order valence-electron chi connectivity index (χ4n) is 3.82. The second-order valence-corrected chi connectivity index (χ2v) is 10.6. The highest BCUT2D eigenvalue weighted by Crippen LogP contribution is 2.34. The van der Waals surface area contributed by atoms with Gasteiger partial charge < -0.3 is 0 Å². The highest BCUT2D eigenvalue weighted by molar-refractivity contribution is 7.92. The second kappa shape index (κ2) is 6.92. The molecule has 0 amide bonds. The number of anilines is 1. The number of nitrogens with zero attached hydrogens (tertiary/aromatic N) is 1. The van der Waals surface area contributed by atoms with E-state index >= 15 is 0 Å². The van der Waals surface area contributed by atoms with Gasteiger partial charge in [-0.15, -0.1) is 0 Å². The summed E-state index contributed by atoms with van der Waals surface area (Å²) in [4.78, 5) is 0.435. The van der Waals surface area contributed by atoms with E-state index in [0.717, 1.165) is 31.2 Å². The third-order valence-corrected chi connectivity index (χ3v) is 8.57. The van der Waals surface area contributed by atoms with Crippen LogP contribution < -0.4 is 9.03 Å². The van der Waals surface area contributed by atoms with Gasteiger partial charge in [0, 0.05) is 12.6 Å². The van der Waals surface area contributed by atoms with E-state index in [-0.39, 0.29) is 15.8 Å². The summed E-state index contributed by atoms with van der Waals surface area (Å²) in [6, 6.07) is 13.0. The Kier molecular flexibility index (Phi) is 4.73. The molecular formula is C19H22N2O4S2. The van der Waals surface area contributed by atoms with Gasteiger partial charge in [0.15, 0.2) is 0 Å². The lowest BCUT2D eigenvalue weighted by Gasteiger charge is -2.20. The third-order valence-electron chi connectivity index (χ3n) is 5.22. The maximum absolute atomic E-state index is 12.9. The minimum absolute atomic E-state index is 0.00166. The smallest absolute Gasteiger partial charge is 0.264 e. The third kappa shape index (κ3) is 3.49. The summed E-state index contributed by atoms with van der Waals surface area (Å²) in [5.41, 5.74) is 1.29. The first kappa shape index (κ1) is 18.5. The molecule has 2 aromatic carbocycles. The lowest BCUT2D eigenvalue weighted by atomic mass is 10.2. The molecule has 0 bridgehead atoms. The first-order chi connectivity index (χ1) is 12.9. The molecule has 144 valence electrons. The summed E-state index contributed by atoms with van der Waals surface area (Å²) in [5.74, 6) is 0. The summed E-state index contributed by atoms with van der Waals surface area (Å²) in [7, 11) is -7.24. The summed E-state index contributed by atoms with van der Waals surface area (Å²) < 4.78 is 55.2. The molecule has 1 saturated carbocycles. The Morgan fingerprint density at radius 3 is 2.30 bits per heavy atom. The molecule has 0 aromatic heterocycles. The van der Waals surface area contributed by atoms with Crippen LogP contribution >= 0.6 is 0 Å². The highest BCUT2D eigenvalue weighted by Gasteiger charge is 2.32. The molecule has 4 rings (SSSR count). The van der Waals surface area contributed by atoms with Crippen molar-refractivity contribution in [1.82, 2.24) is 4.72 Å². The van der Waals surface area contributed by atoms with Crippen molar-refractivity contribution >= 4 is 25.7 Å². The van der Waals surface area contributed by atoms with E-state index in [4.69, 9.17) is 0 Å². The molecule has 2 aliphatic rings. The van der Waals surface area contributed by atoms with Crippen LogP contribution in [0.4, 0.5) is 5.69 Å². The zero-order valence-corrected chi connectivity index (χ0v) is 16.5. The predicted octanol–water partition coefficient (Wildman–Crippen LogP) is 2.66. The Bertz CT molecular complexity index is 1040. The van der Waals surface area contributed by atoms with E-state index in [2.05, 4.69) is 4.72 Å². The second-order valence-electron chi connectivity index (χ2n) is 7.03. The van der Waals surface area contributed by atoms with Crippen LogP contribution in [0.5, 0.6) is 0 Å². The van der Waals surface area contributed by atoms with Crippen molar-refractivity contribution in [1.29, 1.82) is 0 Å². The molecule has 2 aromatic rings. The van der Waals surface area contributed by atoms with Crippen LogP contribution in [0, 0.1) is 0 Å². The van der Waals surface area contributed by atoms with E-state index in [1.807, 2.05) is 0 Å². The number of sulfonamides is 2. The van der Waals surface area contributed by atoms with Crippen molar-refractivity contribution in [3.63, 3.8) is 0 Å². The van der Waals surface area contributed by atoms with Gasteiger partial charge in [-0.25, -0.2) is 21.6 Å². The lowest BCUT2D eigenvalue weighted by molar-refractivity contribution is 0.552. The van der Waals surface area contributed by atoms with E-state index in [9.17, 15) is 16.8 Å².